The summed E-state index contributed by atoms with van der Waals surface area (Å²) in [5, 5.41) is 14.6. The van der Waals surface area contributed by atoms with Crippen molar-refractivity contribution in [2.75, 3.05) is 11.3 Å². The van der Waals surface area contributed by atoms with Crippen molar-refractivity contribution >= 4 is 21.4 Å². The minimum absolute atomic E-state index is 0.0411. The minimum atomic E-state index is -5.01. The summed E-state index contributed by atoms with van der Waals surface area (Å²) in [4.78, 5) is 3.59. The van der Waals surface area contributed by atoms with Gasteiger partial charge in [-0.3, -0.25) is 0 Å². The summed E-state index contributed by atoms with van der Waals surface area (Å²) < 4.78 is 63.6. The number of benzene rings is 1. The van der Waals surface area contributed by atoms with Crippen LogP contribution in [-0.4, -0.2) is 42.4 Å². The molecule has 0 aliphatic carbocycles. The molecule has 1 atom stereocenters. The first-order valence-electron chi connectivity index (χ1n) is 7.41. The Balaban J connectivity index is 2.07. The van der Waals surface area contributed by atoms with Gasteiger partial charge in [-0.25, -0.2) is 18.4 Å². The standard InChI is InChI=1S/C16H14F3N3O3S/c1-26(24,25)12-7-8-14(20-10-12)22-15(23,16(17,18)19)9-13(21-22)11-5-3-2-4-6-11/h2-8,10,23H,9H2,1H3. The smallest absolute Gasteiger partial charge is 0.362 e. The van der Waals surface area contributed by atoms with Crippen LogP contribution < -0.4 is 5.01 Å². The van der Waals surface area contributed by atoms with Gasteiger partial charge in [0, 0.05) is 12.5 Å². The predicted octanol–water partition coefficient (Wildman–Crippen LogP) is 2.35. The first-order chi connectivity index (χ1) is 12.0. The number of pyridine rings is 1. The molecule has 6 nitrogen and oxygen atoms in total. The largest absolute Gasteiger partial charge is 0.438 e. The Bertz CT molecular complexity index is 944. The SMILES string of the molecule is CS(=O)(=O)c1ccc(N2N=C(c3ccccc3)CC2(O)C(F)(F)F)nc1. The van der Waals surface area contributed by atoms with Crippen LogP contribution in [0.15, 0.2) is 58.7 Å². The summed E-state index contributed by atoms with van der Waals surface area (Å²) in [6.07, 6.45) is -3.91. The van der Waals surface area contributed by atoms with E-state index >= 15 is 0 Å². The molecule has 2 heterocycles. The first kappa shape index (κ1) is 18.3. The molecule has 0 fully saturated rings. The Morgan fingerprint density at radius 2 is 1.81 bits per heavy atom. The summed E-state index contributed by atoms with van der Waals surface area (Å²) in [5.74, 6) is -0.317. The first-order valence-corrected chi connectivity index (χ1v) is 9.30. The van der Waals surface area contributed by atoms with Crippen LogP contribution in [0.2, 0.25) is 0 Å². The number of nitrogens with zero attached hydrogens (tertiary/aromatic N) is 3. The van der Waals surface area contributed by atoms with Gasteiger partial charge in [0.25, 0.3) is 5.72 Å². The summed E-state index contributed by atoms with van der Waals surface area (Å²) in [5.41, 5.74) is -2.80. The highest BCUT2D eigenvalue weighted by Gasteiger charge is 2.62. The number of alkyl halides is 3. The monoisotopic (exact) mass is 385 g/mol. The van der Waals surface area contributed by atoms with Crippen LogP contribution in [0.1, 0.15) is 12.0 Å². The zero-order chi connectivity index (χ0) is 19.2. The minimum Gasteiger partial charge on any atom is -0.362 e. The van der Waals surface area contributed by atoms with Gasteiger partial charge in [0.05, 0.1) is 17.0 Å². The van der Waals surface area contributed by atoms with Crippen LogP contribution in [0.5, 0.6) is 0 Å². The van der Waals surface area contributed by atoms with Gasteiger partial charge in [-0.15, -0.1) is 0 Å². The van der Waals surface area contributed by atoms with E-state index in [1.54, 1.807) is 30.3 Å². The fourth-order valence-electron chi connectivity index (χ4n) is 2.52. The molecule has 138 valence electrons. The van der Waals surface area contributed by atoms with Crippen molar-refractivity contribution in [2.45, 2.75) is 23.2 Å². The fourth-order valence-corrected chi connectivity index (χ4v) is 3.08. The second-order valence-electron chi connectivity index (χ2n) is 5.84. The molecule has 0 bridgehead atoms. The molecule has 10 heteroatoms. The highest BCUT2D eigenvalue weighted by molar-refractivity contribution is 7.90. The lowest BCUT2D eigenvalue weighted by Crippen LogP contribution is -2.55. The normalized spacial score (nSPS) is 21.0. The average Bonchev–Trinajstić information content (AvgIpc) is 2.94. The quantitative estimate of drug-likeness (QED) is 0.877. The van der Waals surface area contributed by atoms with Crippen molar-refractivity contribution in [1.82, 2.24) is 4.98 Å². The molecule has 1 aromatic heterocycles. The Labute approximate surface area is 147 Å². The predicted molar refractivity (Wildman–Crippen MR) is 88.4 cm³/mol. The molecule has 0 radical (unpaired) electrons. The zero-order valence-electron chi connectivity index (χ0n) is 13.5. The van der Waals surface area contributed by atoms with Crippen molar-refractivity contribution in [2.24, 2.45) is 5.10 Å². The molecule has 2 aromatic rings. The molecule has 3 rings (SSSR count). The topological polar surface area (TPSA) is 82.9 Å². The van der Waals surface area contributed by atoms with Gasteiger partial charge in [0.2, 0.25) is 0 Å². The molecule has 26 heavy (non-hydrogen) atoms. The molecule has 0 saturated heterocycles. The average molecular weight is 385 g/mol. The molecule has 1 N–H and O–H groups in total. The van der Waals surface area contributed by atoms with Gasteiger partial charge in [0.1, 0.15) is 0 Å². The molecule has 1 aliphatic heterocycles. The summed E-state index contributed by atoms with van der Waals surface area (Å²) in [6.45, 7) is 0. The van der Waals surface area contributed by atoms with E-state index in [2.05, 4.69) is 10.1 Å². The molecular weight excluding hydrogens is 371 g/mol. The highest BCUT2D eigenvalue weighted by atomic mass is 32.2. The van der Waals surface area contributed by atoms with Gasteiger partial charge in [0.15, 0.2) is 15.7 Å². The number of aliphatic hydroxyl groups is 1. The van der Waals surface area contributed by atoms with Crippen molar-refractivity contribution in [1.29, 1.82) is 0 Å². The molecule has 1 unspecified atom stereocenters. The lowest BCUT2D eigenvalue weighted by atomic mass is 10.0. The second-order valence-corrected chi connectivity index (χ2v) is 7.86. The van der Waals surface area contributed by atoms with Crippen LogP contribution in [-0.2, 0) is 9.84 Å². The van der Waals surface area contributed by atoms with Crippen LogP contribution in [0.4, 0.5) is 19.0 Å². The van der Waals surface area contributed by atoms with E-state index in [9.17, 15) is 26.7 Å². The Kier molecular flexibility index (Phi) is 4.27. The molecule has 1 aromatic carbocycles. The summed E-state index contributed by atoms with van der Waals surface area (Å²) >= 11 is 0. The van der Waals surface area contributed by atoms with Crippen molar-refractivity contribution in [3.63, 3.8) is 0 Å². The summed E-state index contributed by atoms with van der Waals surface area (Å²) in [7, 11) is -3.56. The van der Waals surface area contributed by atoms with Crippen LogP contribution in [0, 0.1) is 0 Å². The number of halogens is 3. The number of anilines is 1. The maximum Gasteiger partial charge on any atom is 0.438 e. The van der Waals surface area contributed by atoms with Gasteiger partial charge < -0.3 is 5.11 Å². The van der Waals surface area contributed by atoms with Crippen molar-refractivity contribution in [3.05, 3.63) is 54.2 Å². The zero-order valence-corrected chi connectivity index (χ0v) is 14.3. The van der Waals surface area contributed by atoms with Crippen LogP contribution >= 0.6 is 0 Å². The third-order valence-electron chi connectivity index (χ3n) is 3.91. The maximum absolute atomic E-state index is 13.5. The molecular formula is C16H14F3N3O3S. The van der Waals surface area contributed by atoms with Crippen LogP contribution in [0.3, 0.4) is 0 Å². The fraction of sp³-hybridized carbons (Fsp3) is 0.250. The number of aromatic nitrogens is 1. The van der Waals surface area contributed by atoms with Crippen molar-refractivity contribution < 1.29 is 26.7 Å². The Hall–Kier alpha value is -2.46. The third kappa shape index (κ3) is 3.17. The van der Waals surface area contributed by atoms with Gasteiger partial charge in [-0.05, 0) is 17.7 Å². The molecule has 0 spiro atoms. The van der Waals surface area contributed by atoms with E-state index < -0.39 is 28.2 Å². The number of hydrazone groups is 1. The Morgan fingerprint density at radius 3 is 2.31 bits per heavy atom. The van der Waals surface area contributed by atoms with E-state index in [1.807, 2.05) is 0 Å². The number of hydrogen-bond donors (Lipinski definition) is 1. The molecule has 1 aliphatic rings. The van der Waals surface area contributed by atoms with E-state index in [-0.39, 0.29) is 16.4 Å². The summed E-state index contributed by atoms with van der Waals surface area (Å²) in [6, 6.07) is 10.4. The number of hydrogen-bond acceptors (Lipinski definition) is 6. The van der Waals surface area contributed by atoms with E-state index in [0.29, 0.717) is 10.6 Å². The lowest BCUT2D eigenvalue weighted by Gasteiger charge is -2.33. The van der Waals surface area contributed by atoms with Crippen molar-refractivity contribution in [3.8, 4) is 0 Å². The van der Waals surface area contributed by atoms with E-state index in [0.717, 1.165) is 24.6 Å². The third-order valence-corrected chi connectivity index (χ3v) is 5.01. The van der Waals surface area contributed by atoms with Gasteiger partial charge >= 0.3 is 6.18 Å². The highest BCUT2D eigenvalue weighted by Crippen LogP contribution is 2.43. The maximum atomic E-state index is 13.5. The molecule has 0 amide bonds. The second kappa shape index (κ2) is 6.06. The Morgan fingerprint density at radius 1 is 1.15 bits per heavy atom. The number of sulfone groups is 1. The number of rotatable bonds is 3. The van der Waals surface area contributed by atoms with E-state index in [1.165, 1.54) is 0 Å². The van der Waals surface area contributed by atoms with Crippen LogP contribution in [0.25, 0.3) is 0 Å². The lowest BCUT2D eigenvalue weighted by molar-refractivity contribution is -0.254. The van der Waals surface area contributed by atoms with Gasteiger partial charge in [-0.2, -0.15) is 18.3 Å². The van der Waals surface area contributed by atoms with Gasteiger partial charge in [-0.1, -0.05) is 30.3 Å². The molecule has 0 saturated carbocycles. The van der Waals surface area contributed by atoms with E-state index in [4.69, 9.17) is 0 Å².